The van der Waals surface area contributed by atoms with E-state index in [1.54, 1.807) is 4.90 Å². The zero-order valence-corrected chi connectivity index (χ0v) is 19.5. The quantitative estimate of drug-likeness (QED) is 0.242. The Morgan fingerprint density at radius 1 is 1.17 bits per heavy atom. The van der Waals surface area contributed by atoms with Crippen molar-refractivity contribution in [2.45, 2.75) is 24.9 Å². The van der Waals surface area contributed by atoms with Crippen molar-refractivity contribution in [3.8, 4) is 5.75 Å². The molecule has 1 atom stereocenters. The van der Waals surface area contributed by atoms with Crippen LogP contribution in [0, 0.1) is 0 Å². The molecular weight excluding hydrogens is 450 g/mol. The number of azide groups is 1. The summed E-state index contributed by atoms with van der Waals surface area (Å²) < 4.78 is 17.0. The van der Waals surface area contributed by atoms with Crippen molar-refractivity contribution in [1.29, 1.82) is 0 Å². The zero-order valence-electron chi connectivity index (χ0n) is 19.5. The van der Waals surface area contributed by atoms with Crippen LogP contribution in [-0.4, -0.2) is 73.5 Å². The number of aliphatic hydroxyl groups excluding tert-OH is 1. The molecule has 0 spiro atoms. The van der Waals surface area contributed by atoms with Crippen LogP contribution < -0.4 is 4.74 Å². The number of amides is 1. The molecule has 2 aliphatic rings. The van der Waals surface area contributed by atoms with Gasteiger partial charge < -0.3 is 24.2 Å². The number of aliphatic hydroxyl groups is 1. The third kappa shape index (κ3) is 5.92. The van der Waals surface area contributed by atoms with Crippen LogP contribution in [0.1, 0.15) is 23.1 Å². The Morgan fingerprint density at radius 2 is 1.91 bits per heavy atom. The van der Waals surface area contributed by atoms with Crippen LogP contribution in [0.15, 0.2) is 58.6 Å². The highest BCUT2D eigenvalue weighted by molar-refractivity contribution is 6.00. The van der Waals surface area contributed by atoms with Gasteiger partial charge in [-0.3, -0.25) is 4.79 Å². The molecule has 184 valence electrons. The van der Waals surface area contributed by atoms with E-state index in [1.807, 2.05) is 48.5 Å². The maximum absolute atomic E-state index is 13.8. The zero-order chi connectivity index (χ0) is 24.5. The molecule has 10 heteroatoms. The summed E-state index contributed by atoms with van der Waals surface area (Å²) in [5, 5.41) is 12.6. The lowest BCUT2D eigenvalue weighted by atomic mass is 9.88. The Balaban J connectivity index is 1.63. The molecule has 35 heavy (non-hydrogen) atoms. The number of rotatable bonds is 10. The summed E-state index contributed by atoms with van der Waals surface area (Å²) in [5.74, 6) is 0.989. The van der Waals surface area contributed by atoms with Crippen LogP contribution >= 0.6 is 0 Å². The number of benzene rings is 2. The number of carbonyl (C=O) groups excluding carboxylic acids is 1. The Morgan fingerprint density at radius 3 is 2.63 bits per heavy atom. The fraction of sp³-hybridized carbons (Fsp3) is 0.440. The second-order valence-electron chi connectivity index (χ2n) is 8.43. The number of morpholine rings is 1. The van der Waals surface area contributed by atoms with Crippen LogP contribution in [0.25, 0.3) is 10.4 Å². The monoisotopic (exact) mass is 479 g/mol. The van der Waals surface area contributed by atoms with Gasteiger partial charge >= 0.3 is 0 Å². The van der Waals surface area contributed by atoms with Crippen molar-refractivity contribution in [1.82, 2.24) is 4.90 Å². The first-order valence-corrected chi connectivity index (χ1v) is 11.7. The van der Waals surface area contributed by atoms with Crippen LogP contribution in [-0.2, 0) is 27.2 Å². The minimum Gasteiger partial charge on any atom is -0.494 e. The molecule has 0 aromatic heterocycles. The van der Waals surface area contributed by atoms with E-state index in [0.29, 0.717) is 57.4 Å². The van der Waals surface area contributed by atoms with E-state index >= 15 is 0 Å². The molecule has 10 nitrogen and oxygen atoms in total. The number of hydrogen-bond acceptors (Lipinski definition) is 7. The van der Waals surface area contributed by atoms with Gasteiger partial charge in [0, 0.05) is 43.0 Å². The van der Waals surface area contributed by atoms with Gasteiger partial charge in [0.25, 0.3) is 5.91 Å². The molecule has 0 saturated carbocycles. The minimum atomic E-state index is -1.13. The van der Waals surface area contributed by atoms with Gasteiger partial charge in [0.1, 0.15) is 12.4 Å². The fourth-order valence-corrected chi connectivity index (χ4v) is 4.19. The predicted octanol–water partition coefficient (Wildman–Crippen LogP) is 2.88. The summed E-state index contributed by atoms with van der Waals surface area (Å²) in [6.07, 6.45) is 0.886. The molecule has 4 rings (SSSR count). The molecule has 2 aromatic carbocycles. The second kappa shape index (κ2) is 11.7. The third-order valence-corrected chi connectivity index (χ3v) is 6.04. The fourth-order valence-electron chi connectivity index (χ4n) is 4.19. The highest BCUT2D eigenvalue weighted by Crippen LogP contribution is 2.31. The highest BCUT2D eigenvalue weighted by atomic mass is 16.5. The van der Waals surface area contributed by atoms with Gasteiger partial charge in [-0.15, -0.1) is 0 Å². The average molecular weight is 480 g/mol. The summed E-state index contributed by atoms with van der Waals surface area (Å²) in [6.45, 7) is 2.81. The largest absolute Gasteiger partial charge is 0.494 e. The van der Waals surface area contributed by atoms with Gasteiger partial charge in [0.05, 0.1) is 26.4 Å². The molecule has 2 heterocycles. The molecule has 1 N–H and O–H groups in total. The van der Waals surface area contributed by atoms with Crippen molar-refractivity contribution in [2.75, 3.05) is 46.1 Å². The third-order valence-electron chi connectivity index (χ3n) is 6.04. The highest BCUT2D eigenvalue weighted by Gasteiger charge is 2.47. The van der Waals surface area contributed by atoms with Crippen molar-refractivity contribution in [2.24, 2.45) is 10.1 Å². The van der Waals surface area contributed by atoms with Crippen molar-refractivity contribution in [3.05, 3.63) is 75.7 Å². The van der Waals surface area contributed by atoms with E-state index in [2.05, 4.69) is 10.0 Å². The van der Waals surface area contributed by atoms with Gasteiger partial charge in [0.15, 0.2) is 5.54 Å². The summed E-state index contributed by atoms with van der Waals surface area (Å²) in [4.78, 5) is 23.3. The molecule has 1 amide bonds. The number of ether oxygens (including phenoxy) is 3. The number of hydrogen-bond donors (Lipinski definition) is 1. The van der Waals surface area contributed by atoms with E-state index in [4.69, 9.17) is 29.8 Å². The lowest BCUT2D eigenvalue weighted by molar-refractivity contribution is -0.141. The summed E-state index contributed by atoms with van der Waals surface area (Å²) >= 11 is 0. The Bertz CT molecular complexity index is 1090. The molecule has 0 unspecified atom stereocenters. The first-order valence-electron chi connectivity index (χ1n) is 11.7. The molecule has 1 fully saturated rings. The van der Waals surface area contributed by atoms with Crippen LogP contribution in [0.4, 0.5) is 0 Å². The van der Waals surface area contributed by atoms with Gasteiger partial charge in [0.2, 0.25) is 5.90 Å². The van der Waals surface area contributed by atoms with E-state index in [-0.39, 0.29) is 25.7 Å². The summed E-state index contributed by atoms with van der Waals surface area (Å²) in [7, 11) is 0. The van der Waals surface area contributed by atoms with E-state index in [1.165, 1.54) is 0 Å². The smallest absolute Gasteiger partial charge is 0.254 e. The molecule has 0 radical (unpaired) electrons. The molecular formula is C25H29N5O5. The topological polar surface area (TPSA) is 129 Å². The van der Waals surface area contributed by atoms with Gasteiger partial charge in [-0.05, 0) is 40.9 Å². The summed E-state index contributed by atoms with van der Waals surface area (Å²) in [6, 6.07) is 14.9. The number of carbonyl (C=O) groups is 1. The van der Waals surface area contributed by atoms with E-state index in [0.717, 1.165) is 16.7 Å². The number of nitrogens with zero attached hydrogens (tertiary/aromatic N) is 5. The van der Waals surface area contributed by atoms with Gasteiger partial charge in [-0.1, -0.05) is 29.4 Å². The predicted molar refractivity (Wildman–Crippen MR) is 129 cm³/mol. The Hall–Kier alpha value is -3.59. The van der Waals surface area contributed by atoms with E-state index < -0.39 is 5.54 Å². The van der Waals surface area contributed by atoms with Gasteiger partial charge in [-0.2, -0.15) is 0 Å². The van der Waals surface area contributed by atoms with Crippen LogP contribution in [0.3, 0.4) is 0 Å². The first-order chi connectivity index (χ1) is 17.1. The van der Waals surface area contributed by atoms with Crippen molar-refractivity contribution >= 4 is 11.8 Å². The second-order valence-corrected chi connectivity index (χ2v) is 8.43. The minimum absolute atomic E-state index is 0.0774. The standard InChI is InChI=1S/C25H29N5O5/c26-29-27-17-21-5-2-1-4-20(21)16-25(24(32)30-10-14-33-15-11-30)18-35-23(28-25)19-6-8-22(9-7-19)34-13-3-12-31/h1-2,4-9,31H,3,10-18H2/t25-/m1/s1. The lowest BCUT2D eigenvalue weighted by Gasteiger charge is -2.34. The molecule has 1 saturated heterocycles. The molecule has 2 aromatic rings. The maximum Gasteiger partial charge on any atom is 0.254 e. The van der Waals surface area contributed by atoms with Crippen LogP contribution in [0.2, 0.25) is 0 Å². The number of aliphatic imine (C=N–C) groups is 1. The molecule has 0 aliphatic carbocycles. The van der Waals surface area contributed by atoms with E-state index in [9.17, 15) is 4.79 Å². The average Bonchev–Trinajstić information content (AvgIpc) is 3.34. The van der Waals surface area contributed by atoms with Crippen molar-refractivity contribution in [3.63, 3.8) is 0 Å². The Labute approximate surface area is 203 Å². The van der Waals surface area contributed by atoms with Gasteiger partial charge in [-0.25, -0.2) is 4.99 Å². The summed E-state index contributed by atoms with van der Waals surface area (Å²) in [5.41, 5.74) is 10.1. The lowest BCUT2D eigenvalue weighted by Crippen LogP contribution is -2.53. The molecule has 0 bridgehead atoms. The molecule has 2 aliphatic heterocycles. The maximum atomic E-state index is 13.8. The normalized spacial score (nSPS) is 19.5. The first kappa shape index (κ1) is 24.5. The SMILES string of the molecule is [N-]=[N+]=NCc1ccccc1C[C@]1(C(=O)N2CCOCC2)COC(c2ccc(OCCCO)cc2)=N1. The van der Waals surface area contributed by atoms with Crippen molar-refractivity contribution < 1.29 is 24.1 Å². The van der Waals surface area contributed by atoms with Crippen LogP contribution in [0.5, 0.6) is 5.75 Å². The Kier molecular flexibility index (Phi) is 8.20.